The van der Waals surface area contributed by atoms with E-state index in [1.165, 1.54) is 0 Å². The molecule has 15 heavy (non-hydrogen) atoms. The quantitative estimate of drug-likeness (QED) is 0.741. The first-order valence-corrected chi connectivity index (χ1v) is 4.29. The van der Waals surface area contributed by atoms with Gasteiger partial charge < -0.3 is 10.2 Å². The summed E-state index contributed by atoms with van der Waals surface area (Å²) in [5, 5.41) is 12.8. The average molecular weight is 203 g/mol. The Labute approximate surface area is 85.9 Å². The third-order valence-electron chi connectivity index (χ3n) is 2.00. The van der Waals surface area contributed by atoms with E-state index in [4.69, 9.17) is 15.4 Å². The molecule has 0 atom stereocenters. The van der Waals surface area contributed by atoms with Gasteiger partial charge in [-0.3, -0.25) is 4.68 Å². The van der Waals surface area contributed by atoms with Gasteiger partial charge in [0, 0.05) is 13.2 Å². The van der Waals surface area contributed by atoms with Gasteiger partial charge in [-0.15, -0.1) is 0 Å². The van der Waals surface area contributed by atoms with Crippen molar-refractivity contribution in [2.24, 2.45) is 7.05 Å². The molecule has 0 saturated carbocycles. The standard InChI is InChI=1S/C9H9N5O/c1-5-6(4-14(2)13-5)9-12-7(3-10)8(11)15-9/h4H,11H2,1-2H3. The van der Waals surface area contributed by atoms with E-state index < -0.39 is 0 Å². The molecule has 0 aliphatic rings. The van der Waals surface area contributed by atoms with Crippen molar-refractivity contribution in [1.29, 1.82) is 5.26 Å². The van der Waals surface area contributed by atoms with Gasteiger partial charge in [-0.1, -0.05) is 0 Å². The zero-order valence-corrected chi connectivity index (χ0v) is 8.35. The Morgan fingerprint density at radius 2 is 2.33 bits per heavy atom. The van der Waals surface area contributed by atoms with Crippen LogP contribution in [0.4, 0.5) is 5.88 Å². The molecule has 6 heteroatoms. The van der Waals surface area contributed by atoms with Crippen molar-refractivity contribution in [2.75, 3.05) is 5.73 Å². The number of nitriles is 1. The fraction of sp³-hybridized carbons (Fsp3) is 0.222. The van der Waals surface area contributed by atoms with Crippen LogP contribution in [0.3, 0.4) is 0 Å². The van der Waals surface area contributed by atoms with E-state index in [2.05, 4.69) is 10.1 Å². The zero-order valence-electron chi connectivity index (χ0n) is 8.35. The van der Waals surface area contributed by atoms with Gasteiger partial charge in [0.2, 0.25) is 17.5 Å². The maximum Gasteiger partial charge on any atom is 0.233 e. The molecule has 0 aromatic carbocycles. The summed E-state index contributed by atoms with van der Waals surface area (Å²) in [5.41, 5.74) is 7.09. The molecule has 0 bridgehead atoms. The Hall–Kier alpha value is -2.29. The molecule has 0 aliphatic carbocycles. The first kappa shape index (κ1) is 9.27. The van der Waals surface area contributed by atoms with E-state index in [1.54, 1.807) is 17.9 Å². The summed E-state index contributed by atoms with van der Waals surface area (Å²) in [4.78, 5) is 3.97. The first-order chi connectivity index (χ1) is 7.11. The van der Waals surface area contributed by atoms with Crippen LogP contribution in [0, 0.1) is 18.3 Å². The molecule has 0 amide bonds. The zero-order chi connectivity index (χ0) is 11.0. The molecule has 2 heterocycles. The molecule has 0 aliphatic heterocycles. The number of nitrogen functional groups attached to an aromatic ring is 1. The van der Waals surface area contributed by atoms with E-state index in [0.717, 1.165) is 11.3 Å². The lowest BCUT2D eigenvalue weighted by Gasteiger charge is -1.88. The highest BCUT2D eigenvalue weighted by molar-refractivity contribution is 5.59. The van der Waals surface area contributed by atoms with Crippen molar-refractivity contribution in [3.8, 4) is 17.5 Å². The Balaban J connectivity index is 2.55. The third-order valence-corrected chi connectivity index (χ3v) is 2.00. The van der Waals surface area contributed by atoms with Crippen molar-refractivity contribution in [3.63, 3.8) is 0 Å². The third kappa shape index (κ3) is 1.44. The van der Waals surface area contributed by atoms with Crippen LogP contribution in [-0.4, -0.2) is 14.8 Å². The number of oxazole rings is 1. The second-order valence-electron chi connectivity index (χ2n) is 3.15. The molecule has 76 valence electrons. The smallest absolute Gasteiger partial charge is 0.233 e. The van der Waals surface area contributed by atoms with E-state index in [9.17, 15) is 0 Å². The minimum absolute atomic E-state index is 0.0377. The molecule has 2 rings (SSSR count). The number of nitrogens with zero attached hydrogens (tertiary/aromatic N) is 4. The van der Waals surface area contributed by atoms with E-state index in [1.807, 2.05) is 13.0 Å². The summed E-state index contributed by atoms with van der Waals surface area (Å²) in [7, 11) is 1.80. The number of hydrogen-bond acceptors (Lipinski definition) is 5. The molecular formula is C9H9N5O. The summed E-state index contributed by atoms with van der Waals surface area (Å²) in [5.74, 6) is 0.366. The summed E-state index contributed by atoms with van der Waals surface area (Å²) in [6.45, 7) is 1.84. The summed E-state index contributed by atoms with van der Waals surface area (Å²) in [6, 6.07) is 1.85. The van der Waals surface area contributed by atoms with Gasteiger partial charge in [0.15, 0.2) is 0 Å². The summed E-state index contributed by atoms with van der Waals surface area (Å²) < 4.78 is 6.83. The van der Waals surface area contributed by atoms with Gasteiger partial charge in [0.1, 0.15) is 6.07 Å². The lowest BCUT2D eigenvalue weighted by Crippen LogP contribution is -1.86. The van der Waals surface area contributed by atoms with Gasteiger partial charge in [-0.2, -0.15) is 15.3 Å². The first-order valence-electron chi connectivity index (χ1n) is 4.29. The molecule has 0 spiro atoms. The molecular weight excluding hydrogens is 194 g/mol. The predicted octanol–water partition coefficient (Wildman–Crippen LogP) is 0.837. The van der Waals surface area contributed by atoms with Gasteiger partial charge >= 0.3 is 0 Å². The topological polar surface area (TPSA) is 93.7 Å². The largest absolute Gasteiger partial charge is 0.419 e. The normalized spacial score (nSPS) is 10.2. The molecule has 2 N–H and O–H groups in total. The number of hydrogen-bond donors (Lipinski definition) is 1. The molecule has 0 saturated heterocycles. The maximum absolute atomic E-state index is 8.68. The minimum Gasteiger partial charge on any atom is -0.419 e. The van der Waals surface area contributed by atoms with Crippen molar-refractivity contribution in [3.05, 3.63) is 17.6 Å². The van der Waals surface area contributed by atoms with Crippen LogP contribution in [0.15, 0.2) is 10.6 Å². The fourth-order valence-corrected chi connectivity index (χ4v) is 1.34. The maximum atomic E-state index is 8.68. The van der Waals surface area contributed by atoms with Crippen LogP contribution >= 0.6 is 0 Å². The summed E-state index contributed by atoms with van der Waals surface area (Å²) in [6.07, 6.45) is 1.77. The van der Waals surface area contributed by atoms with Crippen LogP contribution < -0.4 is 5.73 Å². The highest BCUT2D eigenvalue weighted by atomic mass is 16.4. The van der Waals surface area contributed by atoms with Crippen molar-refractivity contribution in [2.45, 2.75) is 6.92 Å². The lowest BCUT2D eigenvalue weighted by atomic mass is 10.3. The number of nitrogens with two attached hydrogens (primary N) is 1. The average Bonchev–Trinajstić information content (AvgIpc) is 2.69. The van der Waals surface area contributed by atoms with E-state index in [0.29, 0.717) is 5.89 Å². The molecule has 0 fully saturated rings. The Morgan fingerprint density at radius 1 is 1.60 bits per heavy atom. The van der Waals surface area contributed by atoms with Crippen molar-refractivity contribution >= 4 is 5.88 Å². The van der Waals surface area contributed by atoms with Gasteiger partial charge in [0.05, 0.1) is 11.3 Å². The highest BCUT2D eigenvalue weighted by Crippen LogP contribution is 2.24. The van der Waals surface area contributed by atoms with Crippen LogP contribution in [0.5, 0.6) is 0 Å². The fourth-order valence-electron chi connectivity index (χ4n) is 1.34. The number of anilines is 1. The van der Waals surface area contributed by atoms with Crippen molar-refractivity contribution in [1.82, 2.24) is 14.8 Å². The SMILES string of the molecule is Cc1nn(C)cc1-c1nc(C#N)c(N)o1. The van der Waals surface area contributed by atoms with Crippen LogP contribution in [0.1, 0.15) is 11.4 Å². The monoisotopic (exact) mass is 203 g/mol. The minimum atomic E-state index is 0.0377. The Kier molecular flexibility index (Phi) is 1.94. The predicted molar refractivity (Wildman–Crippen MR) is 52.6 cm³/mol. The number of rotatable bonds is 1. The molecule has 0 unspecified atom stereocenters. The van der Waals surface area contributed by atoms with Crippen LogP contribution in [-0.2, 0) is 7.05 Å². The number of aromatic nitrogens is 3. The molecule has 2 aromatic heterocycles. The second kappa shape index (κ2) is 3.13. The van der Waals surface area contributed by atoms with Crippen LogP contribution in [0.25, 0.3) is 11.5 Å². The van der Waals surface area contributed by atoms with Gasteiger partial charge in [0.25, 0.3) is 0 Å². The molecule has 6 nitrogen and oxygen atoms in total. The number of aryl methyl sites for hydroxylation is 2. The van der Waals surface area contributed by atoms with Gasteiger partial charge in [-0.05, 0) is 6.92 Å². The van der Waals surface area contributed by atoms with Gasteiger partial charge in [-0.25, -0.2) is 0 Å². The lowest BCUT2D eigenvalue weighted by molar-refractivity contribution is 0.593. The van der Waals surface area contributed by atoms with E-state index in [-0.39, 0.29) is 11.6 Å². The summed E-state index contributed by atoms with van der Waals surface area (Å²) >= 11 is 0. The Bertz CT molecular complexity index is 545. The van der Waals surface area contributed by atoms with E-state index >= 15 is 0 Å². The molecule has 2 aromatic rings. The second-order valence-corrected chi connectivity index (χ2v) is 3.15. The van der Waals surface area contributed by atoms with Crippen LogP contribution in [0.2, 0.25) is 0 Å². The highest BCUT2D eigenvalue weighted by Gasteiger charge is 2.15. The molecule has 0 radical (unpaired) electrons. The Morgan fingerprint density at radius 3 is 2.80 bits per heavy atom. The van der Waals surface area contributed by atoms with Crippen molar-refractivity contribution < 1.29 is 4.42 Å².